The summed E-state index contributed by atoms with van der Waals surface area (Å²) in [5.74, 6) is 1.42. The maximum Gasteiger partial charge on any atom is 0.160 e. The van der Waals surface area contributed by atoms with Gasteiger partial charge in [-0.25, -0.2) is 24.9 Å². The van der Waals surface area contributed by atoms with Crippen molar-refractivity contribution in [1.29, 1.82) is 0 Å². The van der Waals surface area contributed by atoms with Crippen LogP contribution < -0.4 is 0 Å². The molecule has 0 aliphatic carbocycles. The Morgan fingerprint density at radius 1 is 0.100 bits per heavy atom. The number of fused-ring (bicyclic) bond motifs is 14. The van der Waals surface area contributed by atoms with Crippen LogP contribution in [0.3, 0.4) is 0 Å². The van der Waals surface area contributed by atoms with Crippen molar-refractivity contribution in [2.45, 2.75) is 0 Å². The van der Waals surface area contributed by atoms with Gasteiger partial charge in [0.1, 0.15) is 0 Å². The van der Waals surface area contributed by atoms with Crippen LogP contribution >= 0.6 is 0 Å². The minimum Gasteiger partial charge on any atom is -0.248 e. The first-order valence-electron chi connectivity index (χ1n) is 47.8. The molecule has 27 aromatic rings. The summed E-state index contributed by atoms with van der Waals surface area (Å²) in [7, 11) is 0. The number of nitrogens with zero attached hydrogens (tertiary/aromatic N) is 5. The fourth-order valence-electron chi connectivity index (χ4n) is 20.4. The number of aromatic nitrogens is 5. The van der Waals surface area contributed by atoms with Crippen LogP contribution in [0.2, 0.25) is 0 Å². The molecule has 5 heteroatoms. The van der Waals surface area contributed by atoms with Crippen LogP contribution in [0, 0.1) is 0 Å². The average Bonchev–Trinajstić information content (AvgIpc) is 0.278. The standard InChI is InChI=1S/C48H32N2.C46H28N2.C41H27N/c1-2-8-33(9-3-1)36-18-26-41(27-19-36)48-49-46(39-22-14-37(15-23-39)44-28-20-34-10-4-6-12-42(34)30-44)32-47(50-48)40-24-16-38(17-25-40)45-29-21-35-11-5-7-13-43(35)31-45;1-4-10-38-29(7-1)13-16-32-25-35(19-22-41(32)38)44-28-45(36-20-23-42-33(26-36)17-14-30-8-2-5-11-39(30)42)48-46(47-44)37-21-24-43-34(27-37)18-15-31-9-3-6-12-40(31)43;1-3-13-28(14-4-1)30-23-25-36(34-19-9-7-17-32(30)34)39-27-41(42-40-22-12-11-21-37(39)40)38-26-24-31(29-15-5-2-6-16-29)33-18-8-10-20-35(33)38/h1-32H;1-28H;1-27H. The predicted molar refractivity (Wildman–Crippen MR) is 592 cm³/mol. The van der Waals surface area contributed by atoms with Crippen LogP contribution in [0.1, 0.15) is 0 Å². The Labute approximate surface area is 811 Å². The first-order chi connectivity index (χ1) is 69.3. The third-order valence-corrected chi connectivity index (χ3v) is 27.6. The fourth-order valence-corrected chi connectivity index (χ4v) is 20.4. The highest BCUT2D eigenvalue weighted by atomic mass is 14.9. The molecule has 27 rings (SSSR count). The molecule has 0 aliphatic heterocycles. The van der Waals surface area contributed by atoms with E-state index in [4.69, 9.17) is 24.9 Å². The van der Waals surface area contributed by atoms with Gasteiger partial charge in [-0.05, 0) is 229 Å². The van der Waals surface area contributed by atoms with Gasteiger partial charge in [-0.15, -0.1) is 0 Å². The van der Waals surface area contributed by atoms with Crippen molar-refractivity contribution in [2.75, 3.05) is 0 Å². The van der Waals surface area contributed by atoms with Crippen molar-refractivity contribution < 1.29 is 0 Å². The molecule has 0 N–H and O–H groups in total. The number of benzene rings is 24. The molecular formula is C135H87N5. The Morgan fingerprint density at radius 2 is 0.364 bits per heavy atom. The van der Waals surface area contributed by atoms with Crippen LogP contribution in [0.25, 0.3) is 264 Å². The van der Waals surface area contributed by atoms with E-state index in [1.165, 1.54) is 174 Å². The van der Waals surface area contributed by atoms with Crippen molar-refractivity contribution >= 4 is 119 Å². The van der Waals surface area contributed by atoms with Gasteiger partial charge in [0.2, 0.25) is 0 Å². The van der Waals surface area contributed by atoms with Gasteiger partial charge >= 0.3 is 0 Å². The molecule has 0 amide bonds. The Hall–Kier alpha value is -18.6. The largest absolute Gasteiger partial charge is 0.248 e. The molecule has 3 heterocycles. The van der Waals surface area contributed by atoms with Gasteiger partial charge in [-0.2, -0.15) is 0 Å². The smallest absolute Gasteiger partial charge is 0.160 e. The number of rotatable bonds is 13. The lowest BCUT2D eigenvalue weighted by Gasteiger charge is -2.16. The van der Waals surface area contributed by atoms with E-state index in [1.807, 2.05) is 6.07 Å². The van der Waals surface area contributed by atoms with Crippen LogP contribution in [-0.4, -0.2) is 24.9 Å². The Kier molecular flexibility index (Phi) is 21.6. The SMILES string of the molecule is c1ccc(-c2ccc(-c3cc(-c4ccc(-c5ccccc5)c5ccccc45)c4ccccc4n3)c3ccccc23)cc1.c1ccc(-c2ccc(-c3nc(-c4ccc(-c5ccc6ccccc6c5)cc4)cc(-c4ccc(-c5ccc6ccccc6c5)cc4)n3)cc2)cc1.c1ccc2c(c1)ccc1cc(-c3cc(-c4ccc5c(ccc6ccccc65)c4)nc(-c4ccc5c(ccc6ccccc65)c4)n3)ccc12. The van der Waals surface area contributed by atoms with Crippen molar-refractivity contribution in [3.05, 3.63) is 528 Å². The van der Waals surface area contributed by atoms with E-state index in [1.54, 1.807) is 0 Å². The first kappa shape index (κ1) is 83.3. The van der Waals surface area contributed by atoms with E-state index in [2.05, 4.69) is 522 Å². The molecule has 5 nitrogen and oxygen atoms in total. The molecule has 140 heavy (non-hydrogen) atoms. The summed E-state index contributed by atoms with van der Waals surface area (Å²) in [4.78, 5) is 25.9. The zero-order valence-corrected chi connectivity index (χ0v) is 76.5. The molecule has 0 atom stereocenters. The van der Waals surface area contributed by atoms with Crippen LogP contribution in [0.4, 0.5) is 0 Å². The van der Waals surface area contributed by atoms with Crippen molar-refractivity contribution in [3.63, 3.8) is 0 Å². The molecule has 0 saturated carbocycles. The van der Waals surface area contributed by atoms with Gasteiger partial charge in [-0.3, -0.25) is 0 Å². The number of para-hydroxylation sites is 1. The van der Waals surface area contributed by atoms with E-state index >= 15 is 0 Å². The molecule has 0 saturated heterocycles. The molecule has 0 radical (unpaired) electrons. The summed E-state index contributed by atoms with van der Waals surface area (Å²) in [5.41, 5.74) is 27.4. The second-order valence-corrected chi connectivity index (χ2v) is 36.0. The Bertz CT molecular complexity index is 9000. The minimum atomic E-state index is 0.703. The molecule has 3 aromatic heterocycles. The predicted octanol–water partition coefficient (Wildman–Crippen LogP) is 36.4. The Balaban J connectivity index is 0.000000111. The van der Waals surface area contributed by atoms with E-state index in [-0.39, 0.29) is 0 Å². The van der Waals surface area contributed by atoms with Gasteiger partial charge in [0.25, 0.3) is 0 Å². The third-order valence-electron chi connectivity index (χ3n) is 27.6. The van der Waals surface area contributed by atoms with Crippen molar-refractivity contribution in [3.8, 4) is 146 Å². The zero-order chi connectivity index (χ0) is 92.8. The zero-order valence-electron chi connectivity index (χ0n) is 76.5. The lowest BCUT2D eigenvalue weighted by molar-refractivity contribution is 1.18. The summed E-state index contributed by atoms with van der Waals surface area (Å²) in [5, 5.41) is 25.9. The fraction of sp³-hybridized carbons (Fsp3) is 0. The van der Waals surface area contributed by atoms with E-state index in [9.17, 15) is 0 Å². The molecule has 0 fully saturated rings. The van der Waals surface area contributed by atoms with Gasteiger partial charge in [0.15, 0.2) is 11.6 Å². The van der Waals surface area contributed by atoms with Gasteiger partial charge in [0.05, 0.1) is 34.0 Å². The molecule has 0 aliphatic rings. The van der Waals surface area contributed by atoms with Crippen molar-refractivity contribution in [2.24, 2.45) is 0 Å². The lowest BCUT2D eigenvalue weighted by Crippen LogP contribution is -1.96. The number of hydrogen-bond donors (Lipinski definition) is 0. The molecule has 0 spiro atoms. The van der Waals surface area contributed by atoms with E-state index in [0.29, 0.717) is 5.82 Å². The van der Waals surface area contributed by atoms with Crippen molar-refractivity contribution in [1.82, 2.24) is 24.9 Å². The molecule has 0 unspecified atom stereocenters. The Morgan fingerprint density at radius 3 is 0.814 bits per heavy atom. The molecule has 24 aromatic carbocycles. The summed E-state index contributed by atoms with van der Waals surface area (Å²) < 4.78 is 0. The van der Waals surface area contributed by atoms with Gasteiger partial charge in [-0.1, -0.05) is 473 Å². The van der Waals surface area contributed by atoms with Crippen LogP contribution in [0.15, 0.2) is 528 Å². The van der Waals surface area contributed by atoms with Crippen LogP contribution in [0.5, 0.6) is 0 Å². The molecule has 0 bridgehead atoms. The molecular weight excluding hydrogens is 1690 g/mol. The summed E-state index contributed by atoms with van der Waals surface area (Å²) in [6, 6.07) is 188. The highest BCUT2D eigenvalue weighted by Crippen LogP contribution is 2.45. The molecule has 652 valence electrons. The quantitative estimate of drug-likeness (QED) is 0.108. The summed E-state index contributed by atoms with van der Waals surface area (Å²) in [6.45, 7) is 0. The van der Waals surface area contributed by atoms with E-state index < -0.39 is 0 Å². The topological polar surface area (TPSA) is 64.5 Å². The van der Waals surface area contributed by atoms with Gasteiger partial charge in [0, 0.05) is 44.3 Å². The minimum absolute atomic E-state index is 0.703. The van der Waals surface area contributed by atoms with Crippen LogP contribution in [-0.2, 0) is 0 Å². The first-order valence-corrected chi connectivity index (χ1v) is 47.8. The normalized spacial score (nSPS) is 11.4. The number of pyridine rings is 1. The average molecular weight is 1780 g/mol. The highest BCUT2D eigenvalue weighted by molar-refractivity contribution is 6.14. The summed E-state index contributed by atoms with van der Waals surface area (Å²) in [6.07, 6.45) is 0. The van der Waals surface area contributed by atoms with Gasteiger partial charge < -0.3 is 0 Å². The highest BCUT2D eigenvalue weighted by Gasteiger charge is 2.21. The lowest BCUT2D eigenvalue weighted by atomic mass is 9.89. The number of hydrogen-bond acceptors (Lipinski definition) is 5. The summed E-state index contributed by atoms with van der Waals surface area (Å²) >= 11 is 0. The monoisotopic (exact) mass is 1780 g/mol. The maximum atomic E-state index is 5.23. The second-order valence-electron chi connectivity index (χ2n) is 36.0. The third kappa shape index (κ3) is 16.2. The maximum absolute atomic E-state index is 5.23. The second kappa shape index (κ2) is 36.3. The van der Waals surface area contributed by atoms with E-state index in [0.717, 1.165) is 84.1 Å².